The molecule has 0 saturated carbocycles. The van der Waals surface area contributed by atoms with Crippen LogP contribution in [-0.2, 0) is 6.18 Å². The Morgan fingerprint density at radius 2 is 1.78 bits per heavy atom. The Hall–Kier alpha value is -1.80. The van der Waals surface area contributed by atoms with E-state index in [9.17, 15) is 18.0 Å². The first-order chi connectivity index (χ1) is 12.6. The first-order valence-electron chi connectivity index (χ1n) is 8.89. The van der Waals surface area contributed by atoms with Gasteiger partial charge in [0.1, 0.15) is 5.82 Å². The number of alkyl halides is 3. The number of halogens is 4. The second kappa shape index (κ2) is 8.06. The SMILES string of the molecule is CC.Cc1c(Cl)c(C(F)(F)F)cc2c(N3CC(C)NC(C)C3)nc(=O)[nH]c12. The Labute approximate surface area is 160 Å². The summed E-state index contributed by atoms with van der Waals surface area (Å²) in [6.07, 6.45) is -4.59. The van der Waals surface area contributed by atoms with Crippen molar-refractivity contribution in [1.82, 2.24) is 15.3 Å². The molecule has 2 unspecified atom stereocenters. The van der Waals surface area contributed by atoms with E-state index >= 15 is 0 Å². The van der Waals surface area contributed by atoms with Gasteiger partial charge in [-0.2, -0.15) is 18.2 Å². The number of piperazine rings is 1. The van der Waals surface area contributed by atoms with E-state index in [0.29, 0.717) is 13.1 Å². The number of aromatic nitrogens is 2. The van der Waals surface area contributed by atoms with Gasteiger partial charge in [-0.1, -0.05) is 25.4 Å². The van der Waals surface area contributed by atoms with Gasteiger partial charge in [0.15, 0.2) is 0 Å². The summed E-state index contributed by atoms with van der Waals surface area (Å²) in [6.45, 7) is 10.5. The maximum Gasteiger partial charge on any atom is 0.417 e. The molecule has 2 atom stereocenters. The molecule has 1 aromatic heterocycles. The Balaban J connectivity index is 0.00000126. The van der Waals surface area contributed by atoms with Crippen molar-refractivity contribution in [1.29, 1.82) is 0 Å². The number of aryl methyl sites for hydroxylation is 1. The van der Waals surface area contributed by atoms with Crippen LogP contribution in [0.1, 0.15) is 38.8 Å². The number of H-pyrrole nitrogens is 1. The van der Waals surface area contributed by atoms with Crippen LogP contribution in [0.5, 0.6) is 0 Å². The molecular formula is C18H24ClF3N4O. The maximum atomic E-state index is 13.3. The largest absolute Gasteiger partial charge is 0.417 e. The van der Waals surface area contributed by atoms with Gasteiger partial charge in [0.05, 0.1) is 16.1 Å². The van der Waals surface area contributed by atoms with Crippen molar-refractivity contribution in [3.8, 4) is 0 Å². The highest BCUT2D eigenvalue weighted by atomic mass is 35.5. The van der Waals surface area contributed by atoms with Gasteiger partial charge in [0.25, 0.3) is 0 Å². The van der Waals surface area contributed by atoms with Crippen LogP contribution in [0.4, 0.5) is 19.0 Å². The summed E-state index contributed by atoms with van der Waals surface area (Å²) in [6, 6.07) is 1.21. The zero-order valence-corrected chi connectivity index (χ0v) is 16.7. The van der Waals surface area contributed by atoms with Crippen LogP contribution in [0.2, 0.25) is 5.02 Å². The molecule has 2 aromatic rings. The van der Waals surface area contributed by atoms with Crippen LogP contribution in [0.25, 0.3) is 10.9 Å². The number of anilines is 1. The number of benzene rings is 1. The van der Waals surface area contributed by atoms with E-state index < -0.39 is 22.5 Å². The summed E-state index contributed by atoms with van der Waals surface area (Å²) in [7, 11) is 0. The molecule has 0 aliphatic carbocycles. The van der Waals surface area contributed by atoms with Crippen molar-refractivity contribution in [2.45, 2.75) is 52.9 Å². The number of hydrogen-bond donors (Lipinski definition) is 2. The molecule has 9 heteroatoms. The van der Waals surface area contributed by atoms with Crippen LogP contribution < -0.4 is 15.9 Å². The number of aromatic amines is 1. The second-order valence-corrected chi connectivity index (χ2v) is 6.90. The van der Waals surface area contributed by atoms with Crippen molar-refractivity contribution in [2.24, 2.45) is 0 Å². The van der Waals surface area contributed by atoms with Crippen molar-refractivity contribution in [3.63, 3.8) is 0 Å². The molecule has 0 radical (unpaired) electrons. The van der Waals surface area contributed by atoms with E-state index in [1.165, 1.54) is 6.92 Å². The molecule has 1 aliphatic rings. The highest BCUT2D eigenvalue weighted by molar-refractivity contribution is 6.33. The van der Waals surface area contributed by atoms with E-state index in [-0.39, 0.29) is 34.4 Å². The molecule has 1 saturated heterocycles. The first kappa shape index (κ1) is 21.5. The summed E-state index contributed by atoms with van der Waals surface area (Å²) < 4.78 is 40.0. The van der Waals surface area contributed by atoms with Gasteiger partial charge in [0.2, 0.25) is 0 Å². The molecule has 0 bridgehead atoms. The van der Waals surface area contributed by atoms with Gasteiger partial charge in [-0.15, -0.1) is 0 Å². The lowest BCUT2D eigenvalue weighted by Crippen LogP contribution is -2.54. The summed E-state index contributed by atoms with van der Waals surface area (Å²) in [5.41, 5.74) is -1.07. The summed E-state index contributed by atoms with van der Waals surface area (Å²) in [4.78, 5) is 20.3. The van der Waals surface area contributed by atoms with Crippen molar-refractivity contribution >= 4 is 28.3 Å². The van der Waals surface area contributed by atoms with Gasteiger partial charge < -0.3 is 15.2 Å². The van der Waals surface area contributed by atoms with Crippen molar-refractivity contribution in [3.05, 3.63) is 32.7 Å². The van der Waals surface area contributed by atoms with Crippen LogP contribution in [0.15, 0.2) is 10.9 Å². The quantitative estimate of drug-likeness (QED) is 0.750. The third-order valence-electron chi connectivity index (χ3n) is 4.34. The molecular weight excluding hydrogens is 381 g/mol. The Bertz CT molecular complexity index is 872. The molecule has 27 heavy (non-hydrogen) atoms. The van der Waals surface area contributed by atoms with Gasteiger partial charge in [-0.05, 0) is 32.4 Å². The normalized spacial score (nSPS) is 20.4. The lowest BCUT2D eigenvalue weighted by molar-refractivity contribution is -0.137. The summed E-state index contributed by atoms with van der Waals surface area (Å²) in [5, 5.41) is 3.18. The highest BCUT2D eigenvalue weighted by Crippen LogP contribution is 2.40. The molecule has 1 aliphatic heterocycles. The standard InChI is InChI=1S/C16H18ClF3N4O.C2H6/c1-7-5-24(6-8(2)21-7)14-10-4-11(16(18,19)20)12(17)9(3)13(10)22-15(25)23-14;1-2/h4,7-8,21H,5-6H2,1-3H3,(H,22,23,25);1-2H3. The molecule has 150 valence electrons. The minimum Gasteiger partial charge on any atom is -0.353 e. The Kier molecular flexibility index (Phi) is 6.42. The van der Waals surface area contributed by atoms with Gasteiger partial charge >= 0.3 is 11.9 Å². The Morgan fingerprint density at radius 1 is 1.22 bits per heavy atom. The average Bonchev–Trinajstić information content (AvgIpc) is 2.57. The fourth-order valence-electron chi connectivity index (χ4n) is 3.37. The van der Waals surface area contributed by atoms with E-state index in [0.717, 1.165) is 6.07 Å². The molecule has 2 N–H and O–H groups in total. The highest BCUT2D eigenvalue weighted by Gasteiger charge is 2.35. The van der Waals surface area contributed by atoms with E-state index in [2.05, 4.69) is 15.3 Å². The van der Waals surface area contributed by atoms with Crippen molar-refractivity contribution in [2.75, 3.05) is 18.0 Å². The maximum absolute atomic E-state index is 13.3. The van der Waals surface area contributed by atoms with Crippen LogP contribution in [-0.4, -0.2) is 35.1 Å². The molecule has 0 spiro atoms. The van der Waals surface area contributed by atoms with Gasteiger partial charge in [-0.25, -0.2) is 4.79 Å². The zero-order valence-electron chi connectivity index (χ0n) is 16.0. The molecule has 0 amide bonds. The number of rotatable bonds is 1. The summed E-state index contributed by atoms with van der Waals surface area (Å²) in [5.74, 6) is 0.254. The van der Waals surface area contributed by atoms with Crippen LogP contribution in [0.3, 0.4) is 0 Å². The van der Waals surface area contributed by atoms with E-state index in [1.807, 2.05) is 32.6 Å². The fourth-order valence-corrected chi connectivity index (χ4v) is 3.63. The molecule has 2 heterocycles. The van der Waals surface area contributed by atoms with E-state index in [4.69, 9.17) is 11.6 Å². The second-order valence-electron chi connectivity index (χ2n) is 6.52. The smallest absolute Gasteiger partial charge is 0.353 e. The van der Waals surface area contributed by atoms with Gasteiger partial charge in [0, 0.05) is 30.6 Å². The molecule has 3 rings (SSSR count). The minimum atomic E-state index is -4.59. The topological polar surface area (TPSA) is 61.0 Å². The predicted molar refractivity (Wildman–Crippen MR) is 103 cm³/mol. The summed E-state index contributed by atoms with van der Waals surface area (Å²) >= 11 is 5.91. The fraction of sp³-hybridized carbons (Fsp3) is 0.556. The molecule has 1 aromatic carbocycles. The number of hydrogen-bond acceptors (Lipinski definition) is 4. The number of fused-ring (bicyclic) bond motifs is 1. The molecule has 5 nitrogen and oxygen atoms in total. The third kappa shape index (κ3) is 4.38. The third-order valence-corrected chi connectivity index (χ3v) is 4.83. The lowest BCUT2D eigenvalue weighted by Gasteiger charge is -2.37. The van der Waals surface area contributed by atoms with Crippen LogP contribution in [0, 0.1) is 6.92 Å². The number of nitrogens with zero attached hydrogens (tertiary/aromatic N) is 2. The predicted octanol–water partition coefficient (Wildman–Crippen LogP) is 4.12. The lowest BCUT2D eigenvalue weighted by atomic mass is 10.0. The number of nitrogens with one attached hydrogen (secondary N) is 2. The molecule has 1 fully saturated rings. The average molecular weight is 405 g/mol. The van der Waals surface area contributed by atoms with Crippen molar-refractivity contribution < 1.29 is 13.2 Å². The Morgan fingerprint density at radius 3 is 2.30 bits per heavy atom. The monoisotopic (exact) mass is 404 g/mol. The first-order valence-corrected chi connectivity index (χ1v) is 9.27. The van der Waals surface area contributed by atoms with E-state index in [1.54, 1.807) is 0 Å². The van der Waals surface area contributed by atoms with Gasteiger partial charge in [-0.3, -0.25) is 0 Å². The van der Waals surface area contributed by atoms with Crippen LogP contribution >= 0.6 is 11.6 Å². The zero-order chi connectivity index (χ0) is 20.5. The minimum absolute atomic E-state index is 0.121.